The summed E-state index contributed by atoms with van der Waals surface area (Å²) in [7, 11) is -2.63. The van der Waals surface area contributed by atoms with Gasteiger partial charge in [0.1, 0.15) is 16.7 Å². The highest BCUT2D eigenvalue weighted by Crippen LogP contribution is 2.32. The molecule has 0 spiro atoms. The van der Waals surface area contributed by atoms with E-state index in [9.17, 15) is 18.0 Å². The Hall–Kier alpha value is -1.99. The van der Waals surface area contributed by atoms with E-state index in [0.717, 1.165) is 4.31 Å². The molecule has 0 radical (unpaired) electrons. The number of ether oxygens (including phenoxy) is 2. The molecule has 1 aromatic heterocycles. The number of carbonyl (C=O) groups is 2. The summed E-state index contributed by atoms with van der Waals surface area (Å²) in [5, 5.41) is 3.06. The van der Waals surface area contributed by atoms with Crippen LogP contribution in [0.3, 0.4) is 0 Å². The number of benzene rings is 1. The van der Waals surface area contributed by atoms with Gasteiger partial charge in [-0.25, -0.2) is 8.42 Å². The van der Waals surface area contributed by atoms with Crippen molar-refractivity contribution in [2.45, 2.75) is 24.0 Å². The van der Waals surface area contributed by atoms with E-state index in [4.69, 9.17) is 15.2 Å². The minimum Gasteiger partial charge on any atom is -0.383 e. The summed E-state index contributed by atoms with van der Waals surface area (Å²) >= 11 is 3.32. The molecule has 2 amide bonds. The van der Waals surface area contributed by atoms with Crippen molar-refractivity contribution >= 4 is 48.7 Å². The smallest absolute Gasteiger partial charge is 0.266 e. The predicted octanol–water partition coefficient (Wildman–Crippen LogP) is 0.570. The molecule has 12 heteroatoms. The van der Waals surface area contributed by atoms with Crippen molar-refractivity contribution in [1.82, 2.24) is 14.6 Å². The Morgan fingerprint density at radius 2 is 2.20 bits per heavy atom. The minimum atomic E-state index is -4.15. The first-order chi connectivity index (χ1) is 14.1. The Bertz CT molecular complexity index is 1070. The van der Waals surface area contributed by atoms with Gasteiger partial charge in [0.05, 0.1) is 13.2 Å². The lowest BCUT2D eigenvalue weighted by atomic mass is 10.2. The molecule has 10 nitrogen and oxygen atoms in total. The molecular formula is C18H23BrN4O6S. The number of morpholine rings is 1. The highest BCUT2D eigenvalue weighted by Gasteiger charge is 2.38. The van der Waals surface area contributed by atoms with Crippen LogP contribution in [0.15, 0.2) is 27.6 Å². The van der Waals surface area contributed by atoms with E-state index in [1.165, 1.54) is 7.11 Å². The molecule has 2 aromatic rings. The number of rotatable bonds is 7. The summed E-state index contributed by atoms with van der Waals surface area (Å²) < 4.78 is 39.2. The molecular weight excluding hydrogens is 480 g/mol. The molecule has 1 aliphatic heterocycles. The highest BCUT2D eigenvalue weighted by molar-refractivity contribution is 9.10. The molecule has 4 N–H and O–H groups in total. The third-order valence-electron chi connectivity index (χ3n) is 4.68. The van der Waals surface area contributed by atoms with Gasteiger partial charge in [0, 0.05) is 41.6 Å². The van der Waals surface area contributed by atoms with E-state index in [0.29, 0.717) is 22.0 Å². The Morgan fingerprint density at radius 3 is 2.87 bits per heavy atom. The number of methoxy groups -OCH3 is 1. The van der Waals surface area contributed by atoms with Crippen molar-refractivity contribution in [3.05, 3.63) is 28.4 Å². The van der Waals surface area contributed by atoms with Crippen molar-refractivity contribution in [1.29, 1.82) is 0 Å². The summed E-state index contributed by atoms with van der Waals surface area (Å²) in [4.78, 5) is 27.0. The maximum Gasteiger partial charge on any atom is 0.266 e. The summed E-state index contributed by atoms with van der Waals surface area (Å²) in [6, 6.07) is 4.71. The van der Waals surface area contributed by atoms with Gasteiger partial charge in [-0.1, -0.05) is 15.9 Å². The number of hydrogen-bond acceptors (Lipinski definition) is 6. The number of nitrogens with zero attached hydrogens (tertiary/aromatic N) is 1. The van der Waals surface area contributed by atoms with Crippen molar-refractivity contribution in [3.63, 3.8) is 0 Å². The second kappa shape index (κ2) is 9.02. The van der Waals surface area contributed by atoms with Gasteiger partial charge >= 0.3 is 0 Å². The zero-order chi connectivity index (χ0) is 22.1. The lowest BCUT2D eigenvalue weighted by Gasteiger charge is -2.32. The van der Waals surface area contributed by atoms with Crippen LogP contribution in [-0.4, -0.2) is 75.1 Å². The first-order valence-electron chi connectivity index (χ1n) is 9.17. The number of H-pyrrole nitrogens is 1. The van der Waals surface area contributed by atoms with Crippen LogP contribution in [0.2, 0.25) is 0 Å². The molecule has 1 fully saturated rings. The van der Waals surface area contributed by atoms with Gasteiger partial charge in [0.15, 0.2) is 0 Å². The van der Waals surface area contributed by atoms with Crippen LogP contribution in [0, 0.1) is 0 Å². The number of nitrogens with one attached hydrogen (secondary N) is 2. The van der Waals surface area contributed by atoms with E-state index >= 15 is 0 Å². The number of halogens is 1. The van der Waals surface area contributed by atoms with Gasteiger partial charge < -0.3 is 25.5 Å². The number of hydrogen-bond donors (Lipinski definition) is 3. The first kappa shape index (κ1) is 22.7. The number of primary amides is 1. The fourth-order valence-electron chi connectivity index (χ4n) is 3.34. The first-order valence-corrected chi connectivity index (χ1v) is 11.4. The lowest BCUT2D eigenvalue weighted by molar-refractivity contribution is -0.137. The summed E-state index contributed by atoms with van der Waals surface area (Å²) in [6.45, 7) is 1.97. The number of sulfonamides is 1. The average molecular weight is 503 g/mol. The summed E-state index contributed by atoms with van der Waals surface area (Å²) in [6.07, 6.45) is -0.984. The number of aromatic nitrogens is 1. The molecule has 2 atom stereocenters. The van der Waals surface area contributed by atoms with Gasteiger partial charge in [0.2, 0.25) is 10.0 Å². The molecule has 2 heterocycles. The Morgan fingerprint density at radius 1 is 1.47 bits per heavy atom. The third-order valence-corrected chi connectivity index (χ3v) is 7.13. The molecule has 30 heavy (non-hydrogen) atoms. The van der Waals surface area contributed by atoms with Crippen LogP contribution in [0.4, 0.5) is 0 Å². The zero-order valence-corrected chi connectivity index (χ0v) is 18.9. The molecule has 0 aliphatic carbocycles. The summed E-state index contributed by atoms with van der Waals surface area (Å²) in [5.41, 5.74) is 5.69. The second-order valence-electron chi connectivity index (χ2n) is 6.97. The molecule has 1 aromatic carbocycles. The Kier molecular flexibility index (Phi) is 6.82. The van der Waals surface area contributed by atoms with Crippen molar-refractivity contribution in [2.24, 2.45) is 5.73 Å². The molecule has 2 unspecified atom stereocenters. The van der Waals surface area contributed by atoms with Crippen LogP contribution in [0.5, 0.6) is 0 Å². The highest BCUT2D eigenvalue weighted by atomic mass is 79.9. The lowest BCUT2D eigenvalue weighted by Crippen LogP contribution is -2.53. The quantitative estimate of drug-likeness (QED) is 0.504. The maximum absolute atomic E-state index is 13.5. The Labute approximate surface area is 182 Å². The number of carbonyl (C=O) groups excluding carboxylic acids is 2. The van der Waals surface area contributed by atoms with Crippen molar-refractivity contribution in [2.75, 3.05) is 33.4 Å². The topological polar surface area (TPSA) is 144 Å². The van der Waals surface area contributed by atoms with Crippen LogP contribution < -0.4 is 11.1 Å². The zero-order valence-electron chi connectivity index (χ0n) is 16.5. The van der Waals surface area contributed by atoms with E-state index in [2.05, 4.69) is 26.2 Å². The van der Waals surface area contributed by atoms with E-state index < -0.39 is 27.9 Å². The maximum atomic E-state index is 13.5. The molecule has 164 valence electrons. The number of nitrogens with two attached hydrogens (primary N) is 1. The molecule has 1 saturated heterocycles. The van der Waals surface area contributed by atoms with Gasteiger partial charge in [-0.15, -0.1) is 0 Å². The van der Waals surface area contributed by atoms with Crippen LogP contribution in [0.1, 0.15) is 17.4 Å². The second-order valence-corrected chi connectivity index (χ2v) is 9.76. The third kappa shape index (κ3) is 4.52. The SMILES string of the molecule is COCC(C)NC(=O)C1CN(S(=O)(=O)c2c(C(N)=O)[nH]c3ccc(Br)cc23)CCO1. The molecule has 0 saturated carbocycles. The normalized spacial score (nSPS) is 19.0. The molecule has 0 bridgehead atoms. The van der Waals surface area contributed by atoms with Crippen LogP contribution >= 0.6 is 15.9 Å². The Balaban J connectivity index is 1.94. The van der Waals surface area contributed by atoms with E-state index in [-0.39, 0.29) is 36.3 Å². The monoisotopic (exact) mass is 502 g/mol. The van der Waals surface area contributed by atoms with Gasteiger partial charge in [0.25, 0.3) is 11.8 Å². The largest absolute Gasteiger partial charge is 0.383 e. The van der Waals surface area contributed by atoms with E-state index in [1.54, 1.807) is 25.1 Å². The molecule has 1 aliphatic rings. The number of fused-ring (bicyclic) bond motifs is 1. The fourth-order valence-corrected chi connectivity index (χ4v) is 5.46. The van der Waals surface area contributed by atoms with Crippen molar-refractivity contribution in [3.8, 4) is 0 Å². The van der Waals surface area contributed by atoms with Gasteiger partial charge in [-0.3, -0.25) is 9.59 Å². The van der Waals surface area contributed by atoms with Crippen LogP contribution in [0.25, 0.3) is 10.9 Å². The summed E-state index contributed by atoms with van der Waals surface area (Å²) in [5.74, 6) is -1.33. The van der Waals surface area contributed by atoms with Gasteiger partial charge in [-0.05, 0) is 25.1 Å². The predicted molar refractivity (Wildman–Crippen MR) is 112 cm³/mol. The minimum absolute atomic E-state index is 0.0356. The van der Waals surface area contributed by atoms with Gasteiger partial charge in [-0.2, -0.15) is 4.31 Å². The van der Waals surface area contributed by atoms with Crippen molar-refractivity contribution < 1.29 is 27.5 Å². The standard InChI is InChI=1S/C18H23BrN4O6S/c1-10(9-28-2)21-18(25)14-8-23(5-6-29-14)30(26,27)16-12-7-11(19)3-4-13(12)22-15(16)17(20)24/h3-4,7,10,14,22H,5-6,8-9H2,1-2H3,(H2,20,24)(H,21,25). The number of aromatic amines is 1. The fraction of sp³-hybridized carbons (Fsp3) is 0.444. The average Bonchev–Trinajstić information content (AvgIpc) is 3.08. The van der Waals surface area contributed by atoms with Crippen LogP contribution in [-0.2, 0) is 24.3 Å². The number of amides is 2. The van der Waals surface area contributed by atoms with E-state index in [1.807, 2.05) is 0 Å². The molecule has 3 rings (SSSR count).